The number of benzene rings is 1. The molecule has 1 aromatic rings. The number of rotatable bonds is 2. The van der Waals surface area contributed by atoms with Crippen molar-refractivity contribution in [2.24, 2.45) is 0 Å². The van der Waals surface area contributed by atoms with Crippen molar-refractivity contribution in [2.45, 2.75) is 102 Å². The summed E-state index contributed by atoms with van der Waals surface area (Å²) in [5.74, 6) is 0. The van der Waals surface area contributed by atoms with Gasteiger partial charge in [-0.25, -0.2) is 0 Å². The van der Waals surface area contributed by atoms with E-state index in [-0.39, 0.29) is 0 Å². The zero-order chi connectivity index (χ0) is 18.4. The van der Waals surface area contributed by atoms with E-state index in [1.54, 1.807) is 0 Å². The average molecular weight is 351 g/mol. The Balaban J connectivity index is 3.61. The van der Waals surface area contributed by atoms with Gasteiger partial charge in [-0.05, 0) is 51.7 Å². The first-order valence-corrected chi connectivity index (χ1v) is 11.5. The van der Waals surface area contributed by atoms with Gasteiger partial charge in [-0.1, -0.05) is 74.4 Å². The first-order chi connectivity index (χ1) is 10.0. The highest BCUT2D eigenvalue weighted by atomic mass is 32.1. The minimum Gasteiger partial charge on any atom is -0.143 e. The Hall–Kier alpha value is -0.213. The third kappa shape index (κ3) is 3.74. The summed E-state index contributed by atoms with van der Waals surface area (Å²) in [7, 11) is -1.73. The molecule has 0 N–H and O–H groups in total. The van der Waals surface area contributed by atoms with E-state index in [9.17, 15) is 0 Å². The molecule has 0 amide bonds. The van der Waals surface area contributed by atoms with Crippen molar-refractivity contribution in [1.82, 2.24) is 0 Å². The molecule has 0 heterocycles. The summed E-state index contributed by atoms with van der Waals surface area (Å²) in [5.41, 5.74) is 4.12. The lowest BCUT2D eigenvalue weighted by Gasteiger charge is -2.60. The summed E-state index contributed by atoms with van der Waals surface area (Å²) in [4.78, 5) is 1.14. The fraction of sp³-hybridized carbons (Fsp3) is 0.714. The Morgan fingerprint density at radius 2 is 1.04 bits per heavy atom. The quantitative estimate of drug-likeness (QED) is 0.413. The molecule has 0 fully saturated rings. The summed E-state index contributed by atoms with van der Waals surface area (Å²) in [5, 5.41) is 1.01. The van der Waals surface area contributed by atoms with E-state index in [1.165, 1.54) is 22.7 Å². The van der Waals surface area contributed by atoms with Gasteiger partial charge >= 0.3 is 0 Å². The van der Waals surface area contributed by atoms with Crippen LogP contribution in [0.25, 0.3) is 0 Å². The second kappa shape index (κ2) is 6.26. The van der Waals surface area contributed by atoms with Crippen molar-refractivity contribution < 1.29 is 0 Å². The van der Waals surface area contributed by atoms with Crippen LogP contribution in [-0.4, -0.2) is 8.07 Å². The van der Waals surface area contributed by atoms with Gasteiger partial charge in [0.1, 0.15) is 0 Å². The molecule has 0 unspecified atom stereocenters. The van der Waals surface area contributed by atoms with Crippen molar-refractivity contribution in [2.75, 3.05) is 0 Å². The smallest absolute Gasteiger partial charge is 0.0741 e. The molecule has 1 aromatic carbocycles. The number of thiol groups is 1. The van der Waals surface area contributed by atoms with Gasteiger partial charge in [-0.15, -0.1) is 12.6 Å². The van der Waals surface area contributed by atoms with Crippen LogP contribution in [0.3, 0.4) is 0 Å². The largest absolute Gasteiger partial charge is 0.143 e. The first-order valence-electron chi connectivity index (χ1n) is 8.84. The van der Waals surface area contributed by atoms with Crippen LogP contribution < -0.4 is 0 Å². The Kier molecular flexibility index (Phi) is 5.67. The van der Waals surface area contributed by atoms with E-state index in [1.807, 2.05) is 0 Å². The predicted molar refractivity (Wildman–Crippen MR) is 112 cm³/mol. The molecular weight excluding hydrogens is 312 g/mol. The third-order valence-electron chi connectivity index (χ3n) is 5.86. The molecule has 0 aliphatic heterocycles. The Morgan fingerprint density at radius 3 is 1.30 bits per heavy atom. The molecule has 0 aliphatic carbocycles. The molecule has 23 heavy (non-hydrogen) atoms. The van der Waals surface area contributed by atoms with Crippen LogP contribution in [0.4, 0.5) is 0 Å². The topological polar surface area (TPSA) is 0 Å². The minimum atomic E-state index is -1.73. The molecular formula is C21H38SSi. The van der Waals surface area contributed by atoms with Crippen molar-refractivity contribution in [1.29, 1.82) is 0 Å². The maximum absolute atomic E-state index is 4.65. The van der Waals surface area contributed by atoms with Crippen LogP contribution in [0.15, 0.2) is 17.0 Å². The fourth-order valence-electron chi connectivity index (χ4n) is 5.62. The lowest BCUT2D eigenvalue weighted by Crippen LogP contribution is -2.60. The highest BCUT2D eigenvalue weighted by molar-refractivity contribution is 7.80. The summed E-state index contributed by atoms with van der Waals surface area (Å²) < 4.78 is 0. The summed E-state index contributed by atoms with van der Waals surface area (Å²) >= 11 is 4.65. The van der Waals surface area contributed by atoms with Gasteiger partial charge in [0.2, 0.25) is 0 Å². The molecule has 0 atom stereocenters. The Bertz CT molecular complexity index is 506. The van der Waals surface area contributed by atoms with Gasteiger partial charge in [0, 0.05) is 4.90 Å². The number of hydrogen-bond acceptors (Lipinski definition) is 1. The number of aryl methyl sites for hydroxylation is 2. The summed E-state index contributed by atoms with van der Waals surface area (Å²) in [6.07, 6.45) is 0. The highest BCUT2D eigenvalue weighted by Crippen LogP contribution is 2.63. The zero-order valence-electron chi connectivity index (χ0n) is 17.3. The van der Waals surface area contributed by atoms with Crippen LogP contribution in [0.2, 0.25) is 15.1 Å². The Labute approximate surface area is 151 Å². The maximum Gasteiger partial charge on any atom is 0.0741 e. The SMILES string of the molecule is Cc1cc(C[Si](C(C)(C)C)(C(C)(C)C)C(C)(C)C)cc(C)c1S. The second-order valence-electron chi connectivity index (χ2n) is 10.4. The molecule has 0 saturated carbocycles. The molecule has 0 aromatic heterocycles. The first kappa shape index (κ1) is 20.8. The second-order valence-corrected chi connectivity index (χ2v) is 17.5. The lowest BCUT2D eigenvalue weighted by atomic mass is 10.1. The molecule has 0 spiro atoms. The molecule has 0 radical (unpaired) electrons. The zero-order valence-corrected chi connectivity index (χ0v) is 19.2. The lowest BCUT2D eigenvalue weighted by molar-refractivity contribution is 0.525. The fourth-order valence-corrected chi connectivity index (χ4v) is 14.9. The van der Waals surface area contributed by atoms with E-state index in [2.05, 4.69) is 101 Å². The van der Waals surface area contributed by atoms with E-state index >= 15 is 0 Å². The van der Waals surface area contributed by atoms with Crippen molar-refractivity contribution >= 4 is 20.7 Å². The molecule has 1 rings (SSSR count). The van der Waals surface area contributed by atoms with Gasteiger partial charge in [0.15, 0.2) is 0 Å². The van der Waals surface area contributed by atoms with E-state index < -0.39 is 8.07 Å². The normalized spacial score (nSPS) is 14.3. The highest BCUT2D eigenvalue weighted by Gasteiger charge is 2.58. The average Bonchev–Trinajstić information content (AvgIpc) is 2.27. The van der Waals surface area contributed by atoms with Crippen LogP contribution in [-0.2, 0) is 6.04 Å². The summed E-state index contributed by atoms with van der Waals surface area (Å²) in [6.45, 7) is 26.6. The van der Waals surface area contributed by atoms with E-state index in [0.29, 0.717) is 15.1 Å². The maximum atomic E-state index is 4.65. The molecule has 0 nitrogen and oxygen atoms in total. The van der Waals surface area contributed by atoms with E-state index in [0.717, 1.165) is 4.90 Å². The molecule has 0 aliphatic rings. The van der Waals surface area contributed by atoms with Gasteiger partial charge in [0.05, 0.1) is 8.07 Å². The molecule has 132 valence electrons. The van der Waals surface area contributed by atoms with Gasteiger partial charge in [0.25, 0.3) is 0 Å². The number of hydrogen-bond donors (Lipinski definition) is 1. The van der Waals surface area contributed by atoms with Crippen LogP contribution in [0.5, 0.6) is 0 Å². The minimum absolute atomic E-state index is 0.338. The summed E-state index contributed by atoms with van der Waals surface area (Å²) in [6, 6.07) is 5.99. The van der Waals surface area contributed by atoms with Crippen molar-refractivity contribution in [3.63, 3.8) is 0 Å². The monoisotopic (exact) mass is 350 g/mol. The van der Waals surface area contributed by atoms with Gasteiger partial charge in [-0.3, -0.25) is 0 Å². The Morgan fingerprint density at radius 1 is 0.739 bits per heavy atom. The van der Waals surface area contributed by atoms with Crippen molar-refractivity contribution in [3.05, 3.63) is 28.8 Å². The molecule has 0 saturated heterocycles. The molecule has 2 heteroatoms. The van der Waals surface area contributed by atoms with Crippen LogP contribution >= 0.6 is 12.6 Å². The van der Waals surface area contributed by atoms with Gasteiger partial charge in [-0.2, -0.15) is 0 Å². The van der Waals surface area contributed by atoms with E-state index in [4.69, 9.17) is 0 Å². The standard InChI is InChI=1S/C21H38SSi/c1-15-12-17(13-16(2)18(15)22)14-23(19(3,4)5,20(6,7)8)21(9,10)11/h12-13,22H,14H2,1-11H3. The van der Waals surface area contributed by atoms with Crippen LogP contribution in [0.1, 0.15) is 79.0 Å². The third-order valence-corrected chi connectivity index (χ3v) is 15.2. The van der Waals surface area contributed by atoms with Crippen molar-refractivity contribution in [3.8, 4) is 0 Å². The van der Waals surface area contributed by atoms with Crippen LogP contribution in [0, 0.1) is 13.8 Å². The van der Waals surface area contributed by atoms with Gasteiger partial charge < -0.3 is 0 Å². The molecule has 0 bridgehead atoms. The predicted octanol–water partition coefficient (Wildman–Crippen LogP) is 7.52.